The number of rotatable bonds is 4. The molecule has 3 aromatic heterocycles. The molecule has 4 aromatic rings. The average Bonchev–Trinajstić information content (AvgIpc) is 3.39. The van der Waals surface area contributed by atoms with Gasteiger partial charge in [-0.25, -0.2) is 4.79 Å². The molecule has 0 radical (unpaired) electrons. The summed E-state index contributed by atoms with van der Waals surface area (Å²) in [6, 6.07) is 12.7. The molecule has 4 rings (SSSR count). The molecule has 0 unspecified atom stereocenters. The molecule has 2 N–H and O–H groups in total. The van der Waals surface area contributed by atoms with Crippen molar-refractivity contribution < 1.29 is 23.5 Å². The Morgan fingerprint density at radius 2 is 1.85 bits per heavy atom. The summed E-state index contributed by atoms with van der Waals surface area (Å²) in [7, 11) is 0. The molecule has 136 valence electrons. The Hall–Kier alpha value is -3.17. The number of amides is 2. The number of fused-ring (bicyclic) bond motifs is 3. The lowest BCUT2D eigenvalue weighted by Crippen LogP contribution is -2.43. The zero-order valence-corrected chi connectivity index (χ0v) is 15.3. The van der Waals surface area contributed by atoms with Crippen LogP contribution >= 0.6 is 22.7 Å². The maximum absolute atomic E-state index is 12.2. The molecular formula is C18H12N2O5S2. The fourth-order valence-electron chi connectivity index (χ4n) is 2.43. The van der Waals surface area contributed by atoms with Gasteiger partial charge >= 0.3 is 11.9 Å². The zero-order valence-electron chi connectivity index (χ0n) is 13.7. The van der Waals surface area contributed by atoms with Crippen LogP contribution in [0.1, 0.15) is 20.2 Å². The number of hydrogen-bond acceptors (Lipinski definition) is 7. The molecule has 0 saturated heterocycles. The third-order valence-electron chi connectivity index (χ3n) is 3.65. The highest BCUT2D eigenvalue weighted by atomic mass is 32.1. The molecule has 27 heavy (non-hydrogen) atoms. The Bertz CT molecular complexity index is 1140. The normalized spacial score (nSPS) is 10.8. The van der Waals surface area contributed by atoms with Crippen LogP contribution in [0.25, 0.3) is 19.5 Å². The summed E-state index contributed by atoms with van der Waals surface area (Å²) in [6.07, 6.45) is 1.34. The summed E-state index contributed by atoms with van der Waals surface area (Å²) in [5.41, 5.74) is 4.32. The fraction of sp³-hybridized carbons (Fsp3) is 0.0556. The lowest BCUT2D eigenvalue weighted by molar-refractivity contribution is -0.125. The second-order valence-corrected chi connectivity index (χ2v) is 7.59. The van der Waals surface area contributed by atoms with E-state index in [2.05, 4.69) is 10.9 Å². The Morgan fingerprint density at radius 3 is 2.67 bits per heavy atom. The molecule has 0 spiro atoms. The number of hydrazine groups is 1. The highest BCUT2D eigenvalue weighted by Gasteiger charge is 2.17. The fourth-order valence-corrected chi connectivity index (χ4v) is 4.85. The lowest BCUT2D eigenvalue weighted by atomic mass is 10.2. The van der Waals surface area contributed by atoms with Gasteiger partial charge in [-0.15, -0.1) is 22.7 Å². The minimum Gasteiger partial charge on any atom is -0.459 e. The number of thiophene rings is 2. The van der Waals surface area contributed by atoms with Gasteiger partial charge in [-0.2, -0.15) is 0 Å². The van der Waals surface area contributed by atoms with Gasteiger partial charge in [0.05, 0.1) is 11.0 Å². The van der Waals surface area contributed by atoms with Crippen LogP contribution in [0.5, 0.6) is 0 Å². The van der Waals surface area contributed by atoms with E-state index in [1.807, 2.05) is 24.3 Å². The molecule has 1 aromatic carbocycles. The number of benzene rings is 1. The third-order valence-corrected chi connectivity index (χ3v) is 6.04. The number of carbonyl (C=O) groups excluding carboxylic acids is 3. The van der Waals surface area contributed by atoms with Gasteiger partial charge in [-0.05, 0) is 24.3 Å². The number of furan rings is 1. The number of nitrogens with one attached hydrogen (secondary N) is 2. The third kappa shape index (κ3) is 3.55. The van der Waals surface area contributed by atoms with Crippen molar-refractivity contribution in [1.29, 1.82) is 0 Å². The van der Waals surface area contributed by atoms with Crippen molar-refractivity contribution in [2.45, 2.75) is 0 Å². The van der Waals surface area contributed by atoms with Crippen LogP contribution in [0.15, 0.2) is 53.1 Å². The second kappa shape index (κ2) is 7.22. The van der Waals surface area contributed by atoms with Crippen molar-refractivity contribution in [2.75, 3.05) is 6.61 Å². The van der Waals surface area contributed by atoms with Gasteiger partial charge in [-0.1, -0.05) is 18.2 Å². The Labute approximate surface area is 160 Å². The molecule has 0 aliphatic heterocycles. The van der Waals surface area contributed by atoms with Crippen molar-refractivity contribution in [2.24, 2.45) is 0 Å². The standard InChI is InChI=1S/C18H12N2O5S2/c21-15(19-20-17(22)11-5-3-7-24-11)9-25-18(23)14-8-13-16(27-14)10-4-1-2-6-12(10)26-13/h1-8H,9H2,(H,19,21)(H,20,22). The van der Waals surface area contributed by atoms with Crippen LogP contribution in [0.3, 0.4) is 0 Å². The topological polar surface area (TPSA) is 97.6 Å². The van der Waals surface area contributed by atoms with Crippen LogP contribution in [-0.2, 0) is 9.53 Å². The van der Waals surface area contributed by atoms with E-state index < -0.39 is 24.4 Å². The van der Waals surface area contributed by atoms with E-state index >= 15 is 0 Å². The van der Waals surface area contributed by atoms with Crippen molar-refractivity contribution in [3.8, 4) is 0 Å². The van der Waals surface area contributed by atoms with Gasteiger partial charge in [0.15, 0.2) is 12.4 Å². The second-order valence-electron chi connectivity index (χ2n) is 5.46. The summed E-state index contributed by atoms with van der Waals surface area (Å²) in [6.45, 7) is -0.510. The van der Waals surface area contributed by atoms with Crippen molar-refractivity contribution in [3.05, 3.63) is 59.4 Å². The van der Waals surface area contributed by atoms with E-state index in [4.69, 9.17) is 9.15 Å². The summed E-state index contributed by atoms with van der Waals surface area (Å²) in [5.74, 6) is -1.80. The van der Waals surface area contributed by atoms with Gasteiger partial charge in [0, 0.05) is 14.8 Å². The number of esters is 1. The molecule has 0 bridgehead atoms. The van der Waals surface area contributed by atoms with E-state index in [0.717, 1.165) is 19.5 Å². The quantitative estimate of drug-likeness (QED) is 0.405. The van der Waals surface area contributed by atoms with Crippen LogP contribution in [0, 0.1) is 0 Å². The molecule has 7 nitrogen and oxygen atoms in total. The smallest absolute Gasteiger partial charge is 0.348 e. The van der Waals surface area contributed by atoms with Gasteiger partial charge in [0.1, 0.15) is 4.88 Å². The minimum atomic E-state index is -0.660. The predicted octanol–water partition coefficient (Wildman–Crippen LogP) is 3.33. The summed E-state index contributed by atoms with van der Waals surface area (Å²) in [5, 5.41) is 1.10. The molecule has 0 fully saturated rings. The molecule has 9 heteroatoms. The van der Waals surface area contributed by atoms with Gasteiger partial charge in [0.25, 0.3) is 5.91 Å². The van der Waals surface area contributed by atoms with Gasteiger partial charge in [0.2, 0.25) is 0 Å². The number of hydrogen-bond donors (Lipinski definition) is 2. The molecule has 3 heterocycles. The highest BCUT2D eigenvalue weighted by Crippen LogP contribution is 2.39. The van der Waals surface area contributed by atoms with Gasteiger partial charge in [-0.3, -0.25) is 20.4 Å². The Morgan fingerprint density at radius 1 is 1.00 bits per heavy atom. The first-order chi connectivity index (χ1) is 13.1. The van der Waals surface area contributed by atoms with Crippen LogP contribution in [0.2, 0.25) is 0 Å². The summed E-state index contributed by atoms with van der Waals surface area (Å²) < 4.78 is 13.1. The first-order valence-corrected chi connectivity index (χ1v) is 9.46. The first-order valence-electron chi connectivity index (χ1n) is 7.83. The van der Waals surface area contributed by atoms with Crippen LogP contribution < -0.4 is 10.9 Å². The van der Waals surface area contributed by atoms with Crippen LogP contribution in [-0.4, -0.2) is 24.4 Å². The van der Waals surface area contributed by atoms with E-state index in [0.29, 0.717) is 4.88 Å². The van der Waals surface area contributed by atoms with E-state index in [-0.39, 0.29) is 5.76 Å². The minimum absolute atomic E-state index is 0.0539. The Balaban J connectivity index is 1.34. The van der Waals surface area contributed by atoms with Crippen molar-refractivity contribution in [1.82, 2.24) is 10.9 Å². The predicted molar refractivity (Wildman–Crippen MR) is 102 cm³/mol. The van der Waals surface area contributed by atoms with E-state index in [9.17, 15) is 14.4 Å². The largest absolute Gasteiger partial charge is 0.459 e. The summed E-state index contributed by atoms with van der Waals surface area (Å²) in [4.78, 5) is 36.0. The number of ether oxygens (including phenoxy) is 1. The molecule has 0 aliphatic carbocycles. The molecule has 0 atom stereocenters. The van der Waals surface area contributed by atoms with Crippen molar-refractivity contribution in [3.63, 3.8) is 0 Å². The highest BCUT2D eigenvalue weighted by molar-refractivity contribution is 7.33. The first kappa shape index (κ1) is 17.3. The maximum Gasteiger partial charge on any atom is 0.348 e. The SMILES string of the molecule is O=C(COC(=O)c1cc2sc3ccccc3c2s1)NNC(=O)c1ccco1. The van der Waals surface area contributed by atoms with Crippen molar-refractivity contribution >= 4 is 59.9 Å². The Kier molecular flexibility index (Phi) is 4.61. The molecular weight excluding hydrogens is 388 g/mol. The maximum atomic E-state index is 12.2. The van der Waals surface area contributed by atoms with E-state index in [1.54, 1.807) is 23.5 Å². The number of carbonyl (C=O) groups is 3. The zero-order chi connectivity index (χ0) is 18.8. The van der Waals surface area contributed by atoms with E-state index in [1.165, 1.54) is 23.7 Å². The molecule has 2 amide bonds. The average molecular weight is 400 g/mol. The van der Waals surface area contributed by atoms with Crippen LogP contribution in [0.4, 0.5) is 0 Å². The summed E-state index contributed by atoms with van der Waals surface area (Å²) >= 11 is 2.93. The molecule has 0 aliphatic rings. The monoisotopic (exact) mass is 400 g/mol. The molecule has 0 saturated carbocycles. The van der Waals surface area contributed by atoms with Gasteiger partial charge < -0.3 is 9.15 Å². The lowest BCUT2D eigenvalue weighted by Gasteiger charge is -2.06.